The number of halogens is 1. The van der Waals surface area contributed by atoms with E-state index in [1.807, 2.05) is 13.0 Å². The summed E-state index contributed by atoms with van der Waals surface area (Å²) in [5, 5.41) is 9.15. The number of benzene rings is 1. The third-order valence-electron chi connectivity index (χ3n) is 7.26. The Labute approximate surface area is 226 Å². The monoisotopic (exact) mass is 543 g/mol. The number of fused-ring (bicyclic) bond motifs is 1. The smallest absolute Gasteiger partial charge is 0.275 e. The Bertz CT molecular complexity index is 1320. The number of hydrogen-bond donors (Lipinski definition) is 1. The molecule has 0 unspecified atom stereocenters. The van der Waals surface area contributed by atoms with E-state index in [9.17, 15) is 9.59 Å². The Hall–Kier alpha value is -2.69. The van der Waals surface area contributed by atoms with Crippen molar-refractivity contribution in [1.82, 2.24) is 24.8 Å². The van der Waals surface area contributed by atoms with Crippen molar-refractivity contribution in [3.63, 3.8) is 0 Å². The molecule has 5 rings (SSSR count). The number of nitrogens with zero attached hydrogens (tertiary/aromatic N) is 6. The van der Waals surface area contributed by atoms with Crippen molar-refractivity contribution in [2.24, 2.45) is 5.92 Å². The minimum absolute atomic E-state index is 0.0725. The number of piperidine rings is 1. The minimum atomic E-state index is -0.169. The number of carbonyl (C=O) groups is 1. The predicted octanol–water partition coefficient (Wildman–Crippen LogP) is 2.97. The maximum Gasteiger partial charge on any atom is 0.275 e. The molecule has 11 heteroatoms. The van der Waals surface area contributed by atoms with E-state index in [1.54, 1.807) is 0 Å². The van der Waals surface area contributed by atoms with E-state index in [0.717, 1.165) is 68.7 Å². The fourth-order valence-corrected chi connectivity index (χ4v) is 6.35. The Balaban J connectivity index is 1.06. The van der Waals surface area contributed by atoms with Crippen molar-refractivity contribution >= 4 is 44.6 Å². The van der Waals surface area contributed by atoms with Crippen molar-refractivity contribution in [3.05, 3.63) is 50.9 Å². The molecule has 37 heavy (non-hydrogen) atoms. The van der Waals surface area contributed by atoms with E-state index in [2.05, 4.69) is 49.2 Å². The molecule has 0 aliphatic carbocycles. The van der Waals surface area contributed by atoms with Gasteiger partial charge in [0, 0.05) is 68.3 Å². The molecule has 9 nitrogen and oxygen atoms in total. The standard InChI is InChI=1S/C26H34ClN7O2S/c1-18-6-7-21(27)16-22(18)32-13-11-31(12-14-32)9-4-8-28-24(36)20-5-3-10-33(17-20)26-30-34-23(35)15-19(2)29-25(34)37-26/h6-7,15-16,20H,3-5,8-14,17H2,1-2H3,(H,28,36)/t20-/m1/s1. The van der Waals surface area contributed by atoms with Crippen LogP contribution in [0, 0.1) is 19.8 Å². The number of nitrogens with one attached hydrogen (secondary N) is 1. The van der Waals surface area contributed by atoms with E-state index >= 15 is 0 Å². The molecular formula is C26H34ClN7O2S. The zero-order valence-corrected chi connectivity index (χ0v) is 23.0. The Morgan fingerprint density at radius 2 is 1.95 bits per heavy atom. The highest BCUT2D eigenvalue weighted by atomic mass is 35.5. The van der Waals surface area contributed by atoms with Gasteiger partial charge in [0.25, 0.3) is 5.56 Å². The van der Waals surface area contributed by atoms with Gasteiger partial charge in [-0.15, -0.1) is 5.10 Å². The van der Waals surface area contributed by atoms with E-state index in [-0.39, 0.29) is 17.4 Å². The first-order valence-electron chi connectivity index (χ1n) is 13.0. The molecule has 1 aromatic carbocycles. The summed E-state index contributed by atoms with van der Waals surface area (Å²) in [6.45, 7) is 11.0. The van der Waals surface area contributed by atoms with Gasteiger partial charge in [-0.1, -0.05) is 29.0 Å². The van der Waals surface area contributed by atoms with Crippen LogP contribution >= 0.6 is 22.9 Å². The lowest BCUT2D eigenvalue weighted by Crippen LogP contribution is -2.47. The van der Waals surface area contributed by atoms with Crippen LogP contribution in [0.4, 0.5) is 10.8 Å². The highest BCUT2D eigenvalue weighted by Gasteiger charge is 2.28. The summed E-state index contributed by atoms with van der Waals surface area (Å²) in [5.74, 6) is 0.0369. The van der Waals surface area contributed by atoms with Gasteiger partial charge in [-0.05, 0) is 57.4 Å². The van der Waals surface area contributed by atoms with Gasteiger partial charge in [0.1, 0.15) is 0 Å². The topological polar surface area (TPSA) is 86.1 Å². The first-order chi connectivity index (χ1) is 17.9. The average molecular weight is 544 g/mol. The molecule has 2 fully saturated rings. The quantitative estimate of drug-likeness (QED) is 0.458. The molecule has 1 amide bonds. The zero-order chi connectivity index (χ0) is 25.9. The average Bonchev–Trinajstić information content (AvgIpc) is 3.33. The van der Waals surface area contributed by atoms with Crippen LogP contribution in [0.15, 0.2) is 29.1 Å². The maximum atomic E-state index is 12.9. The van der Waals surface area contributed by atoms with Gasteiger partial charge in [-0.3, -0.25) is 14.5 Å². The number of hydrogen-bond acceptors (Lipinski definition) is 8. The zero-order valence-electron chi connectivity index (χ0n) is 21.5. The van der Waals surface area contributed by atoms with Gasteiger partial charge in [0.15, 0.2) is 0 Å². The second-order valence-corrected chi connectivity index (χ2v) is 11.4. The molecule has 0 radical (unpaired) electrons. The predicted molar refractivity (Wildman–Crippen MR) is 149 cm³/mol. The third kappa shape index (κ3) is 6.08. The summed E-state index contributed by atoms with van der Waals surface area (Å²) in [5.41, 5.74) is 3.00. The molecule has 2 aliphatic heterocycles. The van der Waals surface area contributed by atoms with Crippen molar-refractivity contribution < 1.29 is 4.79 Å². The largest absolute Gasteiger partial charge is 0.369 e. The molecule has 1 atom stereocenters. The van der Waals surface area contributed by atoms with Crippen LogP contribution in [0.2, 0.25) is 5.02 Å². The summed E-state index contributed by atoms with van der Waals surface area (Å²) in [4.78, 5) is 37.1. The second-order valence-electron chi connectivity index (χ2n) is 10.0. The molecule has 1 N–H and O–H groups in total. The summed E-state index contributed by atoms with van der Waals surface area (Å²) in [6.07, 6.45) is 2.73. The van der Waals surface area contributed by atoms with E-state index in [4.69, 9.17) is 11.6 Å². The van der Waals surface area contributed by atoms with Gasteiger partial charge in [0.05, 0.1) is 5.92 Å². The number of aryl methyl sites for hydroxylation is 2. The van der Waals surface area contributed by atoms with Crippen molar-refractivity contribution in [3.8, 4) is 0 Å². The first kappa shape index (κ1) is 25.9. The summed E-state index contributed by atoms with van der Waals surface area (Å²) in [6, 6.07) is 7.57. The van der Waals surface area contributed by atoms with Crippen LogP contribution in [0.5, 0.6) is 0 Å². The van der Waals surface area contributed by atoms with Crippen LogP contribution in [-0.2, 0) is 4.79 Å². The van der Waals surface area contributed by atoms with Gasteiger partial charge < -0.3 is 15.1 Å². The lowest BCUT2D eigenvalue weighted by Gasteiger charge is -2.37. The van der Waals surface area contributed by atoms with Crippen LogP contribution in [0.1, 0.15) is 30.5 Å². The SMILES string of the molecule is Cc1cc(=O)n2nc(N3CCC[C@@H](C(=O)NCCCN4CCN(c5cc(Cl)ccc5C)CC4)C3)sc2n1. The number of rotatable bonds is 7. The number of carbonyl (C=O) groups excluding carboxylic acids is 1. The van der Waals surface area contributed by atoms with Crippen LogP contribution in [0.25, 0.3) is 4.96 Å². The summed E-state index contributed by atoms with van der Waals surface area (Å²) in [7, 11) is 0. The molecule has 2 saturated heterocycles. The van der Waals surface area contributed by atoms with Gasteiger partial charge in [-0.25, -0.2) is 4.98 Å². The number of amides is 1. The Morgan fingerprint density at radius 1 is 1.14 bits per heavy atom. The molecular weight excluding hydrogens is 510 g/mol. The van der Waals surface area contributed by atoms with E-state index in [1.165, 1.54) is 33.2 Å². The van der Waals surface area contributed by atoms with Gasteiger partial charge >= 0.3 is 0 Å². The van der Waals surface area contributed by atoms with Crippen molar-refractivity contribution in [2.75, 3.05) is 62.2 Å². The molecule has 0 saturated carbocycles. The molecule has 4 heterocycles. The van der Waals surface area contributed by atoms with Crippen LogP contribution in [0.3, 0.4) is 0 Å². The molecule has 3 aromatic rings. The lowest BCUT2D eigenvalue weighted by molar-refractivity contribution is -0.125. The molecule has 2 aromatic heterocycles. The Kier molecular flexibility index (Phi) is 7.97. The Morgan fingerprint density at radius 3 is 2.76 bits per heavy atom. The van der Waals surface area contributed by atoms with Crippen molar-refractivity contribution in [1.29, 1.82) is 0 Å². The highest BCUT2D eigenvalue weighted by molar-refractivity contribution is 7.20. The van der Waals surface area contributed by atoms with Crippen molar-refractivity contribution in [2.45, 2.75) is 33.1 Å². The first-order valence-corrected chi connectivity index (χ1v) is 14.2. The number of piperazine rings is 1. The minimum Gasteiger partial charge on any atom is -0.369 e. The van der Waals surface area contributed by atoms with E-state index in [0.29, 0.717) is 23.7 Å². The molecule has 198 valence electrons. The molecule has 0 spiro atoms. The van der Waals surface area contributed by atoms with Crippen LogP contribution < -0.4 is 20.7 Å². The number of anilines is 2. The summed E-state index contributed by atoms with van der Waals surface area (Å²) >= 11 is 7.61. The van der Waals surface area contributed by atoms with E-state index < -0.39 is 0 Å². The van der Waals surface area contributed by atoms with Gasteiger partial charge in [-0.2, -0.15) is 4.52 Å². The maximum absolute atomic E-state index is 12.9. The third-order valence-corrected chi connectivity index (χ3v) is 8.46. The van der Waals surface area contributed by atoms with Crippen LogP contribution in [-0.4, -0.2) is 77.8 Å². The lowest BCUT2D eigenvalue weighted by atomic mass is 9.97. The number of aromatic nitrogens is 3. The highest BCUT2D eigenvalue weighted by Crippen LogP contribution is 2.27. The summed E-state index contributed by atoms with van der Waals surface area (Å²) < 4.78 is 1.35. The molecule has 2 aliphatic rings. The molecule has 0 bridgehead atoms. The normalized spacial score (nSPS) is 18.9. The second kappa shape index (κ2) is 11.4. The fourth-order valence-electron chi connectivity index (χ4n) is 5.20. The van der Waals surface area contributed by atoms with Gasteiger partial charge in [0.2, 0.25) is 16.0 Å². The fraction of sp³-hybridized carbons (Fsp3) is 0.538.